The van der Waals surface area contributed by atoms with Crippen LogP contribution in [0.15, 0.2) is 36.5 Å². The minimum absolute atomic E-state index is 0.0507. The number of amides is 1. The van der Waals surface area contributed by atoms with Crippen LogP contribution in [0.2, 0.25) is 0 Å². The Morgan fingerprint density at radius 3 is 2.78 bits per heavy atom. The molecule has 0 unspecified atom stereocenters. The monoisotopic (exact) mass is 246 g/mol. The van der Waals surface area contributed by atoms with Crippen LogP contribution in [0.1, 0.15) is 15.9 Å². The molecule has 1 aromatic heterocycles. The highest BCUT2D eigenvalue weighted by molar-refractivity contribution is 6.05. The molecule has 0 aliphatic heterocycles. The number of halogens is 1. The first-order chi connectivity index (χ1) is 8.58. The number of nitrogens with one attached hydrogen (secondary N) is 1. The molecular weight excluding hydrogens is 235 g/mol. The Labute approximate surface area is 103 Å². The van der Waals surface area contributed by atoms with Crippen molar-refractivity contribution in [2.45, 2.75) is 6.92 Å². The SMILES string of the molecule is Cc1c(O)cccc1C(=O)Nc1ccc(F)cn1. The lowest BCUT2D eigenvalue weighted by Crippen LogP contribution is -2.14. The summed E-state index contributed by atoms with van der Waals surface area (Å²) >= 11 is 0. The van der Waals surface area contributed by atoms with Gasteiger partial charge in [0, 0.05) is 11.1 Å². The second-order valence-corrected chi connectivity index (χ2v) is 3.77. The number of rotatable bonds is 2. The topological polar surface area (TPSA) is 62.2 Å². The van der Waals surface area contributed by atoms with Gasteiger partial charge in [0.1, 0.15) is 17.4 Å². The van der Waals surface area contributed by atoms with Crippen molar-refractivity contribution in [3.05, 3.63) is 53.5 Å². The molecule has 2 N–H and O–H groups in total. The van der Waals surface area contributed by atoms with Crippen LogP contribution in [0.4, 0.5) is 10.2 Å². The molecule has 2 aromatic rings. The van der Waals surface area contributed by atoms with E-state index in [9.17, 15) is 14.3 Å². The zero-order valence-electron chi connectivity index (χ0n) is 9.64. The maximum absolute atomic E-state index is 12.7. The molecule has 2 rings (SSSR count). The molecule has 0 fully saturated rings. The van der Waals surface area contributed by atoms with Crippen molar-refractivity contribution >= 4 is 11.7 Å². The van der Waals surface area contributed by atoms with Crippen molar-refractivity contribution in [3.8, 4) is 5.75 Å². The minimum atomic E-state index is -0.471. The molecule has 0 bridgehead atoms. The lowest BCUT2D eigenvalue weighted by atomic mass is 10.1. The average molecular weight is 246 g/mol. The fourth-order valence-electron chi connectivity index (χ4n) is 1.50. The van der Waals surface area contributed by atoms with Gasteiger partial charge in [-0.1, -0.05) is 6.07 Å². The summed E-state index contributed by atoms with van der Waals surface area (Å²) in [5.74, 6) is -0.567. The van der Waals surface area contributed by atoms with Crippen LogP contribution in [0.5, 0.6) is 5.75 Å². The van der Waals surface area contributed by atoms with E-state index in [0.29, 0.717) is 11.1 Å². The molecule has 1 amide bonds. The summed E-state index contributed by atoms with van der Waals surface area (Å²) in [6.07, 6.45) is 1.02. The molecule has 4 nitrogen and oxygen atoms in total. The average Bonchev–Trinajstić information content (AvgIpc) is 2.35. The van der Waals surface area contributed by atoms with E-state index in [0.717, 1.165) is 6.20 Å². The van der Waals surface area contributed by atoms with Crippen molar-refractivity contribution in [1.29, 1.82) is 0 Å². The minimum Gasteiger partial charge on any atom is -0.508 e. The van der Waals surface area contributed by atoms with Crippen LogP contribution in [0.25, 0.3) is 0 Å². The highest BCUT2D eigenvalue weighted by Gasteiger charge is 2.11. The van der Waals surface area contributed by atoms with Gasteiger partial charge in [0.15, 0.2) is 0 Å². The molecule has 0 atom stereocenters. The third-order valence-electron chi connectivity index (χ3n) is 2.52. The number of benzene rings is 1. The van der Waals surface area contributed by atoms with Gasteiger partial charge in [-0.25, -0.2) is 9.37 Å². The molecule has 5 heteroatoms. The van der Waals surface area contributed by atoms with Crippen LogP contribution in [-0.2, 0) is 0 Å². The molecule has 1 aromatic carbocycles. The maximum Gasteiger partial charge on any atom is 0.257 e. The van der Waals surface area contributed by atoms with Gasteiger partial charge in [-0.3, -0.25) is 4.79 Å². The molecule has 92 valence electrons. The first-order valence-corrected chi connectivity index (χ1v) is 5.29. The van der Waals surface area contributed by atoms with Gasteiger partial charge in [-0.2, -0.15) is 0 Å². The van der Waals surface area contributed by atoms with Gasteiger partial charge in [0.05, 0.1) is 6.20 Å². The van der Waals surface area contributed by atoms with E-state index in [4.69, 9.17) is 0 Å². The summed E-state index contributed by atoms with van der Waals surface area (Å²) in [5.41, 5.74) is 0.832. The predicted octanol–water partition coefficient (Wildman–Crippen LogP) is 2.49. The Bertz CT molecular complexity index is 582. The van der Waals surface area contributed by atoms with Crippen LogP contribution >= 0.6 is 0 Å². The summed E-state index contributed by atoms with van der Waals surface area (Å²) in [6, 6.07) is 7.24. The highest BCUT2D eigenvalue weighted by atomic mass is 19.1. The number of aromatic hydroxyl groups is 1. The molecular formula is C13H11FN2O2. The number of carbonyl (C=O) groups excluding carboxylic acids is 1. The van der Waals surface area contributed by atoms with E-state index in [1.807, 2.05) is 0 Å². The number of hydrogen-bond acceptors (Lipinski definition) is 3. The lowest BCUT2D eigenvalue weighted by Gasteiger charge is -2.07. The normalized spacial score (nSPS) is 10.1. The Morgan fingerprint density at radius 2 is 2.11 bits per heavy atom. The summed E-state index contributed by atoms with van der Waals surface area (Å²) in [6.45, 7) is 1.64. The summed E-state index contributed by atoms with van der Waals surface area (Å²) in [4.78, 5) is 15.6. The van der Waals surface area contributed by atoms with E-state index >= 15 is 0 Å². The Hall–Kier alpha value is -2.43. The lowest BCUT2D eigenvalue weighted by molar-refractivity contribution is 0.102. The van der Waals surface area contributed by atoms with Gasteiger partial charge >= 0.3 is 0 Å². The number of anilines is 1. The standard InChI is InChI=1S/C13H11FN2O2/c1-8-10(3-2-4-11(8)17)13(18)16-12-6-5-9(14)7-15-12/h2-7,17H,1H3,(H,15,16,18). The van der Waals surface area contributed by atoms with Crippen molar-refractivity contribution in [1.82, 2.24) is 4.98 Å². The fraction of sp³-hybridized carbons (Fsp3) is 0.0769. The molecule has 0 spiro atoms. The number of phenolic OH excluding ortho intramolecular Hbond substituents is 1. The quantitative estimate of drug-likeness (QED) is 0.855. The molecule has 0 radical (unpaired) electrons. The summed E-state index contributed by atoms with van der Waals surface area (Å²) in [5, 5.41) is 12.0. The van der Waals surface area contributed by atoms with Gasteiger partial charge in [0.2, 0.25) is 0 Å². The van der Waals surface area contributed by atoms with Crippen LogP contribution in [0, 0.1) is 12.7 Å². The zero-order chi connectivity index (χ0) is 13.1. The van der Waals surface area contributed by atoms with Crippen molar-refractivity contribution < 1.29 is 14.3 Å². The number of hydrogen-bond donors (Lipinski definition) is 2. The molecule has 1 heterocycles. The number of phenols is 1. The van der Waals surface area contributed by atoms with E-state index in [1.165, 1.54) is 18.2 Å². The largest absolute Gasteiger partial charge is 0.508 e. The zero-order valence-corrected chi connectivity index (χ0v) is 9.64. The number of pyridine rings is 1. The van der Waals surface area contributed by atoms with Gasteiger partial charge in [0.25, 0.3) is 5.91 Å². The smallest absolute Gasteiger partial charge is 0.257 e. The molecule has 0 saturated heterocycles. The number of nitrogens with zero attached hydrogens (tertiary/aromatic N) is 1. The van der Waals surface area contributed by atoms with Crippen LogP contribution in [-0.4, -0.2) is 16.0 Å². The Morgan fingerprint density at radius 1 is 1.33 bits per heavy atom. The molecule has 18 heavy (non-hydrogen) atoms. The maximum atomic E-state index is 12.7. The number of aromatic nitrogens is 1. The predicted molar refractivity (Wildman–Crippen MR) is 65.0 cm³/mol. The summed E-state index contributed by atoms with van der Waals surface area (Å²) in [7, 11) is 0. The fourth-order valence-corrected chi connectivity index (χ4v) is 1.50. The third kappa shape index (κ3) is 2.45. The first kappa shape index (κ1) is 12.0. The Kier molecular flexibility index (Phi) is 3.23. The van der Waals surface area contributed by atoms with Crippen molar-refractivity contribution in [3.63, 3.8) is 0 Å². The van der Waals surface area contributed by atoms with E-state index < -0.39 is 11.7 Å². The van der Waals surface area contributed by atoms with Gasteiger partial charge in [-0.15, -0.1) is 0 Å². The molecule has 0 aliphatic rings. The van der Waals surface area contributed by atoms with E-state index in [1.54, 1.807) is 19.1 Å². The Balaban J connectivity index is 2.22. The van der Waals surface area contributed by atoms with E-state index in [2.05, 4.69) is 10.3 Å². The number of carbonyl (C=O) groups is 1. The molecule has 0 aliphatic carbocycles. The van der Waals surface area contributed by atoms with Gasteiger partial charge in [-0.05, 0) is 31.2 Å². The van der Waals surface area contributed by atoms with Crippen molar-refractivity contribution in [2.24, 2.45) is 0 Å². The van der Waals surface area contributed by atoms with Crippen LogP contribution in [0.3, 0.4) is 0 Å². The summed E-state index contributed by atoms with van der Waals surface area (Å²) < 4.78 is 12.7. The second kappa shape index (κ2) is 4.83. The van der Waals surface area contributed by atoms with Gasteiger partial charge < -0.3 is 10.4 Å². The van der Waals surface area contributed by atoms with Crippen LogP contribution < -0.4 is 5.32 Å². The second-order valence-electron chi connectivity index (χ2n) is 3.77. The third-order valence-corrected chi connectivity index (χ3v) is 2.52. The van der Waals surface area contributed by atoms with Crippen molar-refractivity contribution in [2.75, 3.05) is 5.32 Å². The van der Waals surface area contributed by atoms with E-state index in [-0.39, 0.29) is 11.6 Å². The molecule has 0 saturated carbocycles. The first-order valence-electron chi connectivity index (χ1n) is 5.29. The highest BCUT2D eigenvalue weighted by Crippen LogP contribution is 2.20.